The first-order valence-corrected chi connectivity index (χ1v) is 21.1. The molecule has 0 aromatic heterocycles. The zero-order valence-electron chi connectivity index (χ0n) is 24.6. The normalized spacial score (nSPS) is 14.2. The predicted octanol–water partition coefficient (Wildman–Crippen LogP) is 7.76. The maximum absolute atomic E-state index is 2.91. The van der Waals surface area contributed by atoms with Crippen molar-refractivity contribution in [2.24, 2.45) is 0 Å². The molecule has 4 aromatic rings. The molecule has 1 nitrogen and oxygen atoms in total. The summed E-state index contributed by atoms with van der Waals surface area (Å²) in [5, 5.41) is 4.48. The van der Waals surface area contributed by atoms with Gasteiger partial charge in [-0.3, -0.25) is 0 Å². The molecule has 0 saturated carbocycles. The summed E-state index contributed by atoms with van der Waals surface area (Å²) >= 11 is -1.19. The van der Waals surface area contributed by atoms with Crippen molar-refractivity contribution in [3.8, 4) is 0 Å². The fourth-order valence-corrected chi connectivity index (χ4v) is 14.7. The van der Waals surface area contributed by atoms with Crippen molar-refractivity contribution < 1.29 is 0 Å². The molecule has 0 unspecified atom stereocenters. The van der Waals surface area contributed by atoms with Gasteiger partial charge in [0.05, 0.1) is 0 Å². The molecule has 0 bridgehead atoms. The molecular formula is C36H43NPTl+. The average Bonchev–Trinajstić information content (AvgIpc) is 2.89. The van der Waals surface area contributed by atoms with Crippen LogP contribution in [0.5, 0.6) is 0 Å². The van der Waals surface area contributed by atoms with Gasteiger partial charge in [0, 0.05) is 0 Å². The van der Waals surface area contributed by atoms with E-state index >= 15 is 0 Å². The Hall–Kier alpha value is -1.97. The van der Waals surface area contributed by atoms with Crippen LogP contribution in [-0.4, -0.2) is 24.5 Å². The van der Waals surface area contributed by atoms with Gasteiger partial charge in [-0.2, -0.15) is 0 Å². The van der Waals surface area contributed by atoms with Gasteiger partial charge in [0.15, 0.2) is 0 Å². The van der Waals surface area contributed by atoms with Crippen molar-refractivity contribution in [1.29, 1.82) is 0 Å². The minimum atomic E-state index is -1.19. The summed E-state index contributed by atoms with van der Waals surface area (Å²) in [6.45, 7) is 15.4. The van der Waals surface area contributed by atoms with E-state index in [1.165, 1.54) is 38.7 Å². The molecule has 0 aliphatic carbocycles. The van der Waals surface area contributed by atoms with Crippen LogP contribution in [0.25, 0.3) is 0 Å². The molecule has 1 aliphatic rings. The average molecular weight is 725 g/mol. The van der Waals surface area contributed by atoms with Crippen LogP contribution in [0.4, 0.5) is 5.69 Å². The molecule has 0 saturated heterocycles. The third-order valence-corrected chi connectivity index (χ3v) is 16.8. The van der Waals surface area contributed by atoms with Crippen molar-refractivity contribution in [3.05, 3.63) is 119 Å². The van der Waals surface area contributed by atoms with Crippen LogP contribution in [0, 0.1) is 0 Å². The number of benzene rings is 4. The maximum atomic E-state index is 2.91. The molecule has 39 heavy (non-hydrogen) atoms. The van der Waals surface area contributed by atoms with Crippen molar-refractivity contribution in [2.75, 3.05) is 2.71 Å². The van der Waals surface area contributed by atoms with E-state index in [1.54, 1.807) is 22.0 Å². The third-order valence-electron chi connectivity index (χ3n) is 7.95. The van der Waals surface area contributed by atoms with Gasteiger partial charge in [0.2, 0.25) is 0 Å². The number of rotatable bonds is 4. The topological polar surface area (TPSA) is 3.24 Å². The van der Waals surface area contributed by atoms with E-state index < -0.39 is 32.5 Å². The van der Waals surface area contributed by atoms with Crippen molar-refractivity contribution in [3.63, 3.8) is 0 Å². The zero-order chi connectivity index (χ0) is 27.6. The van der Waals surface area contributed by atoms with Crippen LogP contribution in [0.15, 0.2) is 97.1 Å². The first kappa shape index (κ1) is 28.6. The molecule has 0 amide bonds. The number of para-hydroxylation sites is 1. The second-order valence-corrected chi connectivity index (χ2v) is 21.5. The van der Waals surface area contributed by atoms with Crippen LogP contribution in [0.1, 0.15) is 70.2 Å². The Labute approximate surface area is 250 Å². The molecule has 0 spiro atoms. The standard InChI is InChI=1S/C36H42NP.Tl/c1-8-17-31-27(24-28(35(2,3)4)25-32(31)36(5,6)7)26-37-33-22-15-16-23-34(33)38(29-18-11-9-12-19-29)30-20-13-10-14-21-30;/h9-16,18-25H,1,8,17,26H2,2-7H3;/q-1;+1/p+1. The van der Waals surface area contributed by atoms with Crippen molar-refractivity contribution in [1.82, 2.24) is 0 Å². The van der Waals surface area contributed by atoms with Gasteiger partial charge in [-0.25, -0.2) is 0 Å². The molecule has 1 aliphatic heterocycles. The van der Waals surface area contributed by atoms with E-state index in [2.05, 4.69) is 141 Å². The van der Waals surface area contributed by atoms with E-state index in [9.17, 15) is 0 Å². The zero-order valence-corrected chi connectivity index (χ0v) is 30.1. The van der Waals surface area contributed by atoms with Crippen LogP contribution < -0.4 is 18.6 Å². The summed E-state index contributed by atoms with van der Waals surface area (Å²) in [5.41, 5.74) is 8.03. The molecular weight excluding hydrogens is 682 g/mol. The molecule has 0 fully saturated rings. The summed E-state index contributed by atoms with van der Waals surface area (Å²) in [5.74, 6) is 0. The second kappa shape index (κ2) is 11.9. The van der Waals surface area contributed by atoms with Gasteiger partial charge in [0.1, 0.15) is 0 Å². The Morgan fingerprint density at radius 2 is 1.28 bits per heavy atom. The van der Waals surface area contributed by atoms with E-state index in [4.69, 9.17) is 0 Å². The fraction of sp³-hybridized carbons (Fsp3) is 0.333. The fourth-order valence-electron chi connectivity index (χ4n) is 5.85. The van der Waals surface area contributed by atoms with E-state index in [0.29, 0.717) is 0 Å². The number of nitrogens with zero attached hydrogens (tertiary/aromatic N) is 1. The van der Waals surface area contributed by atoms with Gasteiger partial charge in [-0.15, -0.1) is 0 Å². The predicted molar refractivity (Wildman–Crippen MR) is 175 cm³/mol. The van der Waals surface area contributed by atoms with Gasteiger partial charge in [-0.1, -0.05) is 0 Å². The number of hydrogen-bond acceptors (Lipinski definition) is 1. The van der Waals surface area contributed by atoms with E-state index in [1.807, 2.05) is 0 Å². The summed E-state index contributed by atoms with van der Waals surface area (Å²) in [6.07, 6.45) is 2.57. The molecule has 3 heteroatoms. The number of fused-ring (bicyclic) bond motifs is 1. The monoisotopic (exact) mass is 725 g/mol. The Bertz CT molecular complexity index is 1360. The van der Waals surface area contributed by atoms with Crippen LogP contribution in [-0.2, 0) is 23.8 Å². The number of hydrogen-bond donors (Lipinski definition) is 0. The Balaban J connectivity index is 1.65. The summed E-state index contributed by atoms with van der Waals surface area (Å²) in [6, 6.07) is 37.0. The van der Waals surface area contributed by atoms with Crippen molar-refractivity contribution in [2.45, 2.75) is 75.7 Å². The third kappa shape index (κ3) is 6.52. The van der Waals surface area contributed by atoms with Crippen LogP contribution >= 0.6 is 7.92 Å². The van der Waals surface area contributed by atoms with Gasteiger partial charge in [-0.05, 0) is 0 Å². The van der Waals surface area contributed by atoms with E-state index in [0.717, 1.165) is 6.54 Å². The summed E-state index contributed by atoms with van der Waals surface area (Å²) < 4.78 is 4.33. The Kier molecular flexibility index (Phi) is 8.69. The minimum absolute atomic E-state index is 0.139. The molecule has 5 rings (SSSR count). The quantitative estimate of drug-likeness (QED) is 0.154. The van der Waals surface area contributed by atoms with E-state index in [-0.39, 0.29) is 10.8 Å². The molecule has 4 aromatic carbocycles. The Morgan fingerprint density at radius 3 is 1.87 bits per heavy atom. The van der Waals surface area contributed by atoms with Crippen LogP contribution in [0.2, 0.25) is 3.98 Å². The van der Waals surface area contributed by atoms with Crippen LogP contribution in [0.3, 0.4) is 0 Å². The molecule has 0 atom stereocenters. The molecule has 0 radical (unpaired) electrons. The summed E-state index contributed by atoms with van der Waals surface area (Å²) in [4.78, 5) is 0. The summed E-state index contributed by atoms with van der Waals surface area (Å²) in [7, 11) is -1.12. The van der Waals surface area contributed by atoms with Gasteiger partial charge in [0.25, 0.3) is 0 Å². The van der Waals surface area contributed by atoms with Gasteiger partial charge >= 0.3 is 252 Å². The molecule has 199 valence electrons. The van der Waals surface area contributed by atoms with Crippen molar-refractivity contribution >= 4 is 54.1 Å². The SMILES string of the molecule is CC(C)(C)c1cc2c(c(C(C)(C)C)c1)CC[CH2][Tl][N](c1ccccc1[PH+](c1ccccc1)c1ccccc1)C2. The van der Waals surface area contributed by atoms with Gasteiger partial charge < -0.3 is 0 Å². The Morgan fingerprint density at radius 1 is 0.692 bits per heavy atom. The first-order valence-electron chi connectivity index (χ1n) is 14.5. The molecule has 1 heterocycles. The number of anilines is 1. The first-order chi connectivity index (χ1) is 18.6. The molecule has 0 N–H and O–H groups in total. The second-order valence-electron chi connectivity index (χ2n) is 13.0.